The first-order chi connectivity index (χ1) is 28.3. The minimum Gasteiger partial charge on any atom is -0.504 e. The summed E-state index contributed by atoms with van der Waals surface area (Å²) in [6, 6.07) is 16.6. The number of carbonyl (C=O) groups excluding carboxylic acids is 2. The highest BCUT2D eigenvalue weighted by atomic mass is 16.6. The van der Waals surface area contributed by atoms with Gasteiger partial charge in [-0.3, -0.25) is 9.59 Å². The molecule has 15 nitrogen and oxygen atoms in total. The smallest absolute Gasteiger partial charge is 0.336 e. The van der Waals surface area contributed by atoms with Gasteiger partial charge in [0.25, 0.3) is 0 Å². The van der Waals surface area contributed by atoms with Crippen LogP contribution in [0.2, 0.25) is 0 Å². The fourth-order valence-electron chi connectivity index (χ4n) is 8.61. The Kier molecular flexibility index (Phi) is 13.9. The number of ketones is 2. The number of aliphatic carboxylic acids is 1. The second-order valence-corrected chi connectivity index (χ2v) is 15.4. The highest BCUT2D eigenvalue weighted by Crippen LogP contribution is 2.53. The van der Waals surface area contributed by atoms with Crippen LogP contribution in [0.25, 0.3) is 12.2 Å². The van der Waals surface area contributed by atoms with E-state index >= 15 is 0 Å². The summed E-state index contributed by atoms with van der Waals surface area (Å²) in [4.78, 5) is 41.1. The van der Waals surface area contributed by atoms with Gasteiger partial charge >= 0.3 is 5.97 Å². The molecule has 0 spiro atoms. The molecular weight excluding hydrogens is 766 g/mol. The quantitative estimate of drug-likeness (QED) is 0.0720. The first-order valence-electron chi connectivity index (χ1n) is 19.6. The Morgan fingerprint density at radius 1 is 0.915 bits per heavy atom. The van der Waals surface area contributed by atoms with E-state index in [4.69, 9.17) is 24.7 Å². The molecule has 0 aromatic heterocycles. The van der Waals surface area contributed by atoms with Gasteiger partial charge in [-0.05, 0) is 90.3 Å². The number of aromatic hydroxyl groups is 3. The second-order valence-electron chi connectivity index (χ2n) is 15.4. The van der Waals surface area contributed by atoms with Crippen LogP contribution >= 0.6 is 0 Å². The van der Waals surface area contributed by atoms with E-state index < -0.39 is 96.6 Å². The predicted molar refractivity (Wildman–Crippen MR) is 212 cm³/mol. The lowest BCUT2D eigenvalue weighted by Gasteiger charge is -2.59. The molecule has 316 valence electrons. The Bertz CT molecular complexity index is 2040. The minimum atomic E-state index is -2.20. The van der Waals surface area contributed by atoms with E-state index in [0.717, 1.165) is 5.56 Å². The molecule has 3 aromatic rings. The van der Waals surface area contributed by atoms with Gasteiger partial charge in [-0.25, -0.2) is 4.79 Å². The maximum absolute atomic E-state index is 14.7. The van der Waals surface area contributed by atoms with Crippen molar-refractivity contribution in [3.05, 3.63) is 95.1 Å². The predicted octanol–water partition coefficient (Wildman–Crippen LogP) is 2.89. The maximum Gasteiger partial charge on any atom is 0.336 e. The lowest BCUT2D eigenvalue weighted by atomic mass is 9.60. The third kappa shape index (κ3) is 9.36. The number of hydrogen-bond acceptors (Lipinski definition) is 14. The molecule has 0 amide bonds. The SMILES string of the molecule is NCCOc1ccc(C=CC(=O)COC2(C(=O)O)CC(O)C3OCC(CCc4ccccc4)CC4(C(=O)C=Cc5cc(O)c(O)cc5CO)OC3C2CC4CO)cc1O. The van der Waals surface area contributed by atoms with Crippen molar-refractivity contribution in [3.63, 3.8) is 0 Å². The Labute approximate surface area is 340 Å². The number of aryl methyl sites for hydroxylation is 1. The number of aliphatic hydroxyl groups is 3. The highest BCUT2D eigenvalue weighted by Gasteiger charge is 2.66. The lowest BCUT2D eigenvalue weighted by molar-refractivity contribution is -0.302. The van der Waals surface area contributed by atoms with Gasteiger partial charge in [-0.1, -0.05) is 48.6 Å². The molecule has 8 atom stereocenters. The zero-order chi connectivity index (χ0) is 42.3. The van der Waals surface area contributed by atoms with Gasteiger partial charge in [-0.15, -0.1) is 0 Å². The van der Waals surface area contributed by atoms with E-state index in [-0.39, 0.29) is 61.1 Å². The topological polar surface area (TPSA) is 256 Å². The number of benzene rings is 3. The van der Waals surface area contributed by atoms with Crippen LogP contribution < -0.4 is 10.5 Å². The number of carboxylic acid groups (broad SMARTS) is 1. The normalized spacial score (nSPS) is 27.9. The molecule has 3 fully saturated rings. The lowest BCUT2D eigenvalue weighted by Crippen LogP contribution is -2.72. The molecule has 6 rings (SSSR count). The molecule has 3 aliphatic rings. The zero-order valence-electron chi connectivity index (χ0n) is 32.4. The van der Waals surface area contributed by atoms with Crippen LogP contribution in [0.5, 0.6) is 23.0 Å². The average molecular weight is 818 g/mol. The van der Waals surface area contributed by atoms with Crippen molar-refractivity contribution < 1.29 is 69.1 Å². The van der Waals surface area contributed by atoms with Gasteiger partial charge < -0.3 is 60.4 Å². The molecule has 9 N–H and O–H groups in total. The number of fused-ring (bicyclic) bond motifs is 1. The van der Waals surface area contributed by atoms with E-state index in [9.17, 15) is 50.1 Å². The average Bonchev–Trinajstić information content (AvgIpc) is 3.22. The molecule has 1 aliphatic carbocycles. The number of phenols is 3. The molecule has 2 aliphatic heterocycles. The molecule has 59 heavy (non-hydrogen) atoms. The summed E-state index contributed by atoms with van der Waals surface area (Å²) in [6.07, 6.45) is 2.01. The van der Waals surface area contributed by atoms with E-state index in [2.05, 4.69) is 0 Å². The summed E-state index contributed by atoms with van der Waals surface area (Å²) in [5, 5.41) is 73.9. The largest absolute Gasteiger partial charge is 0.504 e. The van der Waals surface area contributed by atoms with Crippen LogP contribution in [0.1, 0.15) is 47.9 Å². The molecular formula is C44H51NO14. The third-order valence-corrected chi connectivity index (χ3v) is 11.7. The first kappa shape index (κ1) is 43.4. The van der Waals surface area contributed by atoms with Gasteiger partial charge in [0.05, 0.1) is 25.4 Å². The molecule has 2 bridgehead atoms. The fraction of sp³-hybridized carbons (Fsp3) is 0.432. The Morgan fingerprint density at radius 3 is 2.37 bits per heavy atom. The van der Waals surface area contributed by atoms with Crippen molar-refractivity contribution in [2.75, 3.05) is 33.0 Å². The van der Waals surface area contributed by atoms with Gasteiger partial charge in [0.1, 0.15) is 24.9 Å². The van der Waals surface area contributed by atoms with Crippen LogP contribution in [0.4, 0.5) is 0 Å². The number of phenolic OH excluding ortho intramolecular Hbond substituents is 3. The van der Waals surface area contributed by atoms with Gasteiger partial charge in [-0.2, -0.15) is 0 Å². The van der Waals surface area contributed by atoms with Crippen molar-refractivity contribution in [1.29, 1.82) is 0 Å². The van der Waals surface area contributed by atoms with Gasteiger partial charge in [0.15, 0.2) is 40.2 Å². The molecule has 15 heteroatoms. The van der Waals surface area contributed by atoms with Crippen molar-refractivity contribution in [1.82, 2.24) is 0 Å². The number of carboxylic acids is 1. The number of rotatable bonds is 17. The number of aliphatic hydroxyl groups excluding tert-OH is 3. The number of ether oxygens (including phenoxy) is 4. The summed E-state index contributed by atoms with van der Waals surface area (Å²) in [5.41, 5.74) is 3.48. The standard InChI is InChI=1S/C44H51NO14/c45-14-15-56-38-12-9-27(16-36(38)51)8-11-32(48)25-58-44(42(54)55)21-37(52)41-40-33(44)19-31(23-47)43(59-40,20-28(24-57-41)7-6-26-4-2-1-3-5-26)39(53)13-10-29-17-34(49)35(50)18-30(29)22-46/h1-5,8-13,16-18,28,31,33,37,40-41,46-47,49-52H,6-7,14-15,19-25,45H2,(H,54,55). The summed E-state index contributed by atoms with van der Waals surface area (Å²) in [7, 11) is 0. The van der Waals surface area contributed by atoms with Crippen molar-refractivity contribution >= 4 is 29.7 Å². The van der Waals surface area contributed by atoms with Crippen LogP contribution in [0.3, 0.4) is 0 Å². The van der Waals surface area contributed by atoms with Crippen molar-refractivity contribution in [2.45, 2.75) is 68.2 Å². The third-order valence-electron chi connectivity index (χ3n) is 11.7. The maximum atomic E-state index is 14.7. The van der Waals surface area contributed by atoms with Gasteiger partial charge in [0, 0.05) is 31.4 Å². The van der Waals surface area contributed by atoms with Crippen LogP contribution in [0.15, 0.2) is 72.8 Å². The Morgan fingerprint density at radius 2 is 1.68 bits per heavy atom. The van der Waals surface area contributed by atoms with Crippen LogP contribution in [0, 0.1) is 17.8 Å². The molecule has 3 aromatic carbocycles. The number of hydrogen-bond donors (Lipinski definition) is 8. The molecule has 2 heterocycles. The summed E-state index contributed by atoms with van der Waals surface area (Å²) >= 11 is 0. The van der Waals surface area contributed by atoms with Gasteiger partial charge in [0.2, 0.25) is 0 Å². The van der Waals surface area contributed by atoms with E-state index in [0.29, 0.717) is 18.4 Å². The van der Waals surface area contributed by atoms with Crippen LogP contribution in [-0.4, -0.2) is 116 Å². The molecule has 8 unspecified atom stereocenters. The fourth-order valence-corrected chi connectivity index (χ4v) is 8.61. The highest BCUT2D eigenvalue weighted by molar-refractivity contribution is 6.01. The molecule has 2 saturated heterocycles. The number of nitrogens with two attached hydrogens (primary N) is 1. The van der Waals surface area contributed by atoms with Crippen LogP contribution in [-0.2, 0) is 41.6 Å². The number of carbonyl (C=O) groups is 3. The van der Waals surface area contributed by atoms with Crippen molar-refractivity contribution in [3.8, 4) is 23.0 Å². The Hall–Kier alpha value is -5.13. The summed E-state index contributed by atoms with van der Waals surface area (Å²) in [6.45, 7) is -1.29. The van der Waals surface area contributed by atoms with E-state index in [1.54, 1.807) is 6.07 Å². The second kappa shape index (κ2) is 18.8. The molecule has 0 radical (unpaired) electrons. The van der Waals surface area contributed by atoms with E-state index in [1.807, 2.05) is 30.3 Å². The van der Waals surface area contributed by atoms with E-state index in [1.165, 1.54) is 48.6 Å². The monoisotopic (exact) mass is 817 g/mol. The summed E-state index contributed by atoms with van der Waals surface area (Å²) in [5.74, 6) is -5.95. The first-order valence-corrected chi connectivity index (χ1v) is 19.6. The van der Waals surface area contributed by atoms with Crippen molar-refractivity contribution in [2.24, 2.45) is 23.5 Å². The summed E-state index contributed by atoms with van der Waals surface area (Å²) < 4.78 is 24.5. The Balaban J connectivity index is 1.30. The molecule has 1 saturated carbocycles. The zero-order valence-corrected chi connectivity index (χ0v) is 32.4. The minimum absolute atomic E-state index is 0.0633.